The Morgan fingerprint density at radius 3 is 1.77 bits per heavy atom. The van der Waals surface area contributed by atoms with Gasteiger partial charge in [-0.1, -0.05) is 6.42 Å². The van der Waals surface area contributed by atoms with Crippen molar-refractivity contribution >= 4 is 0 Å². The van der Waals surface area contributed by atoms with Crippen molar-refractivity contribution in [2.24, 2.45) is 0 Å². The maximum atomic E-state index is 3.07. The van der Waals surface area contributed by atoms with Gasteiger partial charge in [0.15, 0.2) is 0 Å². The largest absolute Gasteiger partial charge is 3.00 e. The molecule has 0 fully saturated rings. The number of hydrogen-bond donors (Lipinski definition) is 0. The molecule has 13 heavy (non-hydrogen) atoms. The molecule has 2 aliphatic carbocycles. The normalized spacial score (nSPS) is 15.4. The van der Waals surface area contributed by atoms with Gasteiger partial charge in [-0.2, -0.15) is 12.2 Å². The van der Waals surface area contributed by atoms with Crippen molar-refractivity contribution in [2.75, 3.05) is 0 Å². The molecule has 1 heteroatoms. The first-order chi connectivity index (χ1) is 5.50. The van der Waals surface area contributed by atoms with E-state index in [1.54, 1.807) is 0 Å². The molecule has 0 aromatic rings. The molecule has 0 aliphatic heterocycles. The summed E-state index contributed by atoms with van der Waals surface area (Å²) in [5.74, 6) is 0. The Bertz CT molecular complexity index is 175. The molecule has 0 spiro atoms. The summed E-state index contributed by atoms with van der Waals surface area (Å²) in [6.07, 6.45) is 21.5. The summed E-state index contributed by atoms with van der Waals surface area (Å²) in [6, 6.07) is 0. The predicted octanol–water partition coefficient (Wildman–Crippen LogP) is 3.45. The van der Waals surface area contributed by atoms with Gasteiger partial charge in [0.25, 0.3) is 0 Å². The summed E-state index contributed by atoms with van der Waals surface area (Å²) < 4.78 is 0. The molecule has 0 saturated heterocycles. The maximum Gasteiger partial charge on any atom is 3.00 e. The molecule has 2 aliphatic rings. The van der Waals surface area contributed by atoms with E-state index in [9.17, 15) is 0 Å². The van der Waals surface area contributed by atoms with Crippen molar-refractivity contribution < 1.29 is 17.1 Å². The van der Waals surface area contributed by atoms with Crippen LogP contribution >= 0.6 is 0 Å². The smallest absolute Gasteiger partial charge is 0.358 e. The van der Waals surface area contributed by atoms with Crippen molar-refractivity contribution in [3.63, 3.8) is 0 Å². The molecule has 0 atom stereocenters. The van der Waals surface area contributed by atoms with Crippen LogP contribution in [0.4, 0.5) is 0 Å². The van der Waals surface area contributed by atoms with Crippen LogP contribution < -0.4 is 0 Å². The summed E-state index contributed by atoms with van der Waals surface area (Å²) in [7, 11) is 0. The Hall–Kier alpha value is -0.521. The Labute approximate surface area is 92.6 Å². The average Bonchev–Trinajstić information content (AvgIpc) is 2.64. The first-order valence-electron chi connectivity index (χ1n) is 3.93. The minimum absolute atomic E-state index is 0. The van der Waals surface area contributed by atoms with Gasteiger partial charge in [0, 0.05) is 0 Å². The standard InChI is InChI=1S/C6H7.C5H5.CH3.Fe/c1-2-4-6-5-3-1;1-2-4-5-3-1;;/h1-3H,4,6H2;1-3H,4H2;1H3;/q3*-1;+3. The van der Waals surface area contributed by atoms with Gasteiger partial charge in [0.05, 0.1) is 0 Å². The van der Waals surface area contributed by atoms with E-state index in [0.29, 0.717) is 0 Å². The second-order valence-corrected chi connectivity index (χ2v) is 2.34. The predicted molar refractivity (Wildman–Crippen MR) is 54.2 cm³/mol. The average molecular weight is 215 g/mol. The van der Waals surface area contributed by atoms with Gasteiger partial charge in [-0.3, -0.25) is 12.2 Å². The molecule has 0 saturated carbocycles. The van der Waals surface area contributed by atoms with E-state index in [2.05, 4.69) is 24.3 Å². The SMILES string of the molecule is [C-]1=CC=CC1.[C-]1=CC=CCC1.[CH3-].[Fe+3]. The summed E-state index contributed by atoms with van der Waals surface area (Å²) >= 11 is 0. The molecule has 1 radical (unpaired) electrons. The second kappa shape index (κ2) is 11.5. The van der Waals surface area contributed by atoms with Gasteiger partial charge in [0.2, 0.25) is 0 Å². The van der Waals surface area contributed by atoms with Gasteiger partial charge in [-0.05, 0) is 0 Å². The molecule has 0 heterocycles. The molecule has 0 unspecified atom stereocenters. The first-order valence-corrected chi connectivity index (χ1v) is 3.93. The zero-order valence-electron chi connectivity index (χ0n) is 7.94. The number of rotatable bonds is 0. The van der Waals surface area contributed by atoms with E-state index in [-0.39, 0.29) is 24.5 Å². The van der Waals surface area contributed by atoms with E-state index < -0.39 is 0 Å². The third kappa shape index (κ3) is 9.39. The van der Waals surface area contributed by atoms with Crippen molar-refractivity contribution in [3.8, 4) is 0 Å². The Kier molecular flexibility index (Phi) is 13.2. The van der Waals surface area contributed by atoms with Crippen LogP contribution in [0.2, 0.25) is 0 Å². The van der Waals surface area contributed by atoms with E-state index in [4.69, 9.17) is 0 Å². The molecular formula is C12H15Fe. The van der Waals surface area contributed by atoms with Crippen LogP contribution in [-0.2, 0) is 17.1 Å². The summed E-state index contributed by atoms with van der Waals surface area (Å²) in [6.45, 7) is 0. The molecule has 0 N–H and O–H groups in total. The molecule has 71 valence electrons. The second-order valence-electron chi connectivity index (χ2n) is 2.34. The van der Waals surface area contributed by atoms with Crippen molar-refractivity contribution in [3.05, 3.63) is 56.0 Å². The van der Waals surface area contributed by atoms with Crippen LogP contribution in [0.25, 0.3) is 0 Å². The fraction of sp³-hybridized carbons (Fsp3) is 0.250. The van der Waals surface area contributed by atoms with E-state index >= 15 is 0 Å². The molecule has 0 nitrogen and oxygen atoms in total. The molecule has 0 aromatic heterocycles. The zero-order chi connectivity index (χ0) is 7.78. The van der Waals surface area contributed by atoms with Crippen LogP contribution in [0.15, 0.2) is 36.5 Å². The van der Waals surface area contributed by atoms with Crippen molar-refractivity contribution in [1.82, 2.24) is 0 Å². The molecule has 0 aromatic carbocycles. The number of hydrogen-bond acceptors (Lipinski definition) is 0. The third-order valence-corrected chi connectivity index (χ3v) is 1.39. The fourth-order valence-corrected chi connectivity index (χ4v) is 0.823. The van der Waals surface area contributed by atoms with Crippen molar-refractivity contribution in [1.29, 1.82) is 0 Å². The third-order valence-electron chi connectivity index (χ3n) is 1.39. The van der Waals surface area contributed by atoms with Crippen LogP contribution in [0.1, 0.15) is 19.3 Å². The van der Waals surface area contributed by atoms with Crippen LogP contribution in [0.5, 0.6) is 0 Å². The Morgan fingerprint density at radius 1 is 0.923 bits per heavy atom. The first kappa shape index (κ1) is 15.0. The number of allylic oxidation sites excluding steroid dienone is 8. The van der Waals surface area contributed by atoms with Gasteiger partial charge in [-0.25, -0.2) is 24.3 Å². The minimum atomic E-state index is 0. The van der Waals surface area contributed by atoms with Gasteiger partial charge >= 0.3 is 17.1 Å². The van der Waals surface area contributed by atoms with E-state index in [1.165, 1.54) is 6.42 Å². The van der Waals surface area contributed by atoms with Crippen LogP contribution in [0.3, 0.4) is 0 Å². The summed E-state index contributed by atoms with van der Waals surface area (Å²) in [5.41, 5.74) is 0. The fourth-order valence-electron chi connectivity index (χ4n) is 0.823. The molecular weight excluding hydrogens is 200 g/mol. The van der Waals surface area contributed by atoms with Gasteiger partial charge in [0.1, 0.15) is 0 Å². The molecule has 0 amide bonds. The maximum absolute atomic E-state index is 3.07. The summed E-state index contributed by atoms with van der Waals surface area (Å²) in [5, 5.41) is 0. The van der Waals surface area contributed by atoms with Crippen molar-refractivity contribution in [2.45, 2.75) is 19.3 Å². The monoisotopic (exact) mass is 215 g/mol. The summed E-state index contributed by atoms with van der Waals surface area (Å²) in [4.78, 5) is 0. The van der Waals surface area contributed by atoms with Crippen LogP contribution in [0, 0.1) is 19.6 Å². The molecule has 0 bridgehead atoms. The Balaban J connectivity index is 0. The quantitative estimate of drug-likeness (QED) is 0.428. The van der Waals surface area contributed by atoms with Gasteiger partial charge < -0.3 is 7.43 Å². The zero-order valence-corrected chi connectivity index (χ0v) is 9.04. The Morgan fingerprint density at radius 2 is 1.62 bits per heavy atom. The molecule has 2 rings (SSSR count). The van der Waals surface area contributed by atoms with Gasteiger partial charge in [-0.15, -0.1) is 12.8 Å². The van der Waals surface area contributed by atoms with E-state index in [0.717, 1.165) is 12.8 Å². The minimum Gasteiger partial charge on any atom is -0.358 e. The van der Waals surface area contributed by atoms with Crippen LogP contribution in [-0.4, -0.2) is 0 Å². The van der Waals surface area contributed by atoms with E-state index in [1.807, 2.05) is 24.3 Å². The topological polar surface area (TPSA) is 0 Å².